The minimum absolute atomic E-state index is 0.0770. The van der Waals surface area contributed by atoms with Gasteiger partial charge in [-0.25, -0.2) is 0 Å². The third-order valence-corrected chi connectivity index (χ3v) is 4.71. The zero-order valence-electron chi connectivity index (χ0n) is 14.8. The topological polar surface area (TPSA) is 35.5 Å². The Morgan fingerprint density at radius 3 is 2.05 bits per heavy atom. The van der Waals surface area contributed by atoms with Gasteiger partial charge in [-0.2, -0.15) is 0 Å². The molecule has 0 bridgehead atoms. The smallest absolute Gasteiger partial charge is 0.305 e. The lowest BCUT2D eigenvalue weighted by molar-refractivity contribution is -0.140. The average Bonchev–Trinajstić information content (AvgIpc) is 2.97. The number of rotatable bonds is 13. The van der Waals surface area contributed by atoms with Crippen molar-refractivity contribution in [1.82, 2.24) is 0 Å². The second-order valence-corrected chi connectivity index (χ2v) is 6.69. The van der Waals surface area contributed by atoms with Gasteiger partial charge in [0.2, 0.25) is 0 Å². The molecule has 1 aliphatic rings. The number of unbranched alkanes of at least 4 members (excludes halogenated alkanes) is 7. The Hall–Kier alpha value is -0.570. The third kappa shape index (κ3) is 9.45. The fourth-order valence-electron chi connectivity index (χ4n) is 3.28. The van der Waals surface area contributed by atoms with Gasteiger partial charge in [-0.3, -0.25) is 4.79 Å². The van der Waals surface area contributed by atoms with Gasteiger partial charge in [0.25, 0.3) is 0 Å². The van der Waals surface area contributed by atoms with E-state index in [0.29, 0.717) is 18.6 Å². The first kappa shape index (κ1) is 19.5. The van der Waals surface area contributed by atoms with E-state index in [2.05, 4.69) is 11.7 Å². The van der Waals surface area contributed by atoms with E-state index in [1.165, 1.54) is 77.7 Å². The van der Waals surface area contributed by atoms with Crippen LogP contribution in [-0.4, -0.2) is 25.3 Å². The quantitative estimate of drug-likeness (QED) is 0.337. The van der Waals surface area contributed by atoms with Crippen LogP contribution in [0.25, 0.3) is 0 Å². The summed E-state index contributed by atoms with van der Waals surface area (Å²) in [4.78, 5) is 11.0. The molecule has 3 heteroatoms. The lowest BCUT2D eigenvalue weighted by Gasteiger charge is -2.13. The number of hydrogen-bond donors (Lipinski definition) is 0. The largest absolute Gasteiger partial charge is 0.469 e. The number of carbonyl (C=O) groups is 1. The Morgan fingerprint density at radius 2 is 1.45 bits per heavy atom. The van der Waals surface area contributed by atoms with E-state index < -0.39 is 0 Å². The lowest BCUT2D eigenvalue weighted by Crippen LogP contribution is -2.10. The van der Waals surface area contributed by atoms with Gasteiger partial charge >= 0.3 is 5.97 Å². The molecule has 2 unspecified atom stereocenters. The second kappa shape index (κ2) is 12.9. The molecule has 1 rings (SSSR count). The van der Waals surface area contributed by atoms with E-state index in [1.54, 1.807) is 0 Å². The minimum atomic E-state index is -0.0770. The molecule has 0 aliphatic carbocycles. The number of hydrogen-bond acceptors (Lipinski definition) is 3. The van der Waals surface area contributed by atoms with Crippen molar-refractivity contribution in [2.75, 3.05) is 7.11 Å². The normalized spacial score (nSPS) is 21.2. The van der Waals surface area contributed by atoms with Crippen LogP contribution in [-0.2, 0) is 14.3 Å². The maximum absolute atomic E-state index is 11.0. The molecular formula is C19H36O3. The van der Waals surface area contributed by atoms with E-state index in [9.17, 15) is 4.79 Å². The SMILES string of the molecule is CCCCCC1CCC(CCCCCCCCC(=O)OC)O1. The van der Waals surface area contributed by atoms with Crippen LogP contribution < -0.4 is 0 Å². The lowest BCUT2D eigenvalue weighted by atomic mass is 10.0. The van der Waals surface area contributed by atoms with Gasteiger partial charge in [-0.05, 0) is 32.1 Å². The van der Waals surface area contributed by atoms with E-state index in [0.717, 1.165) is 12.8 Å². The number of ether oxygens (including phenoxy) is 2. The Balaban J connectivity index is 1.86. The highest BCUT2D eigenvalue weighted by Gasteiger charge is 2.23. The molecule has 1 fully saturated rings. The average molecular weight is 312 g/mol. The summed E-state index contributed by atoms with van der Waals surface area (Å²) >= 11 is 0. The predicted molar refractivity (Wildman–Crippen MR) is 91.0 cm³/mol. The zero-order chi connectivity index (χ0) is 16.0. The standard InChI is InChI=1S/C19H36O3/c1-3-4-9-12-17-15-16-18(22-17)13-10-7-5-6-8-11-14-19(20)21-2/h17-18H,3-16H2,1-2H3. The maximum atomic E-state index is 11.0. The van der Waals surface area contributed by atoms with Crippen LogP contribution in [0.5, 0.6) is 0 Å². The second-order valence-electron chi connectivity index (χ2n) is 6.69. The fourth-order valence-corrected chi connectivity index (χ4v) is 3.28. The summed E-state index contributed by atoms with van der Waals surface area (Å²) in [7, 11) is 1.46. The van der Waals surface area contributed by atoms with Gasteiger partial charge < -0.3 is 9.47 Å². The first-order valence-electron chi connectivity index (χ1n) is 9.48. The maximum Gasteiger partial charge on any atom is 0.305 e. The van der Waals surface area contributed by atoms with Gasteiger partial charge in [0.1, 0.15) is 0 Å². The highest BCUT2D eigenvalue weighted by Crippen LogP contribution is 2.27. The molecular weight excluding hydrogens is 276 g/mol. The van der Waals surface area contributed by atoms with Gasteiger partial charge in [0, 0.05) is 6.42 Å². The summed E-state index contributed by atoms with van der Waals surface area (Å²) < 4.78 is 10.8. The van der Waals surface area contributed by atoms with Crippen LogP contribution in [0.1, 0.15) is 96.8 Å². The van der Waals surface area contributed by atoms with Crippen LogP contribution in [0.2, 0.25) is 0 Å². The molecule has 0 saturated carbocycles. The molecule has 22 heavy (non-hydrogen) atoms. The summed E-state index contributed by atoms with van der Waals surface area (Å²) in [5, 5.41) is 0. The van der Waals surface area contributed by atoms with Crippen molar-refractivity contribution in [3.05, 3.63) is 0 Å². The van der Waals surface area contributed by atoms with E-state index in [-0.39, 0.29) is 5.97 Å². The van der Waals surface area contributed by atoms with Crippen LogP contribution >= 0.6 is 0 Å². The summed E-state index contributed by atoms with van der Waals surface area (Å²) in [5.74, 6) is -0.0770. The van der Waals surface area contributed by atoms with Crippen molar-refractivity contribution >= 4 is 5.97 Å². The van der Waals surface area contributed by atoms with Gasteiger partial charge in [0.15, 0.2) is 0 Å². The van der Waals surface area contributed by atoms with Gasteiger partial charge in [-0.15, -0.1) is 0 Å². The monoisotopic (exact) mass is 312 g/mol. The summed E-state index contributed by atoms with van der Waals surface area (Å²) in [6.07, 6.45) is 17.9. The molecule has 1 aliphatic heterocycles. The van der Waals surface area contributed by atoms with Crippen molar-refractivity contribution in [2.24, 2.45) is 0 Å². The molecule has 0 aromatic heterocycles. The number of carbonyl (C=O) groups excluding carboxylic acids is 1. The molecule has 0 amide bonds. The van der Waals surface area contributed by atoms with E-state index >= 15 is 0 Å². The molecule has 0 spiro atoms. The van der Waals surface area contributed by atoms with Crippen molar-refractivity contribution in [3.63, 3.8) is 0 Å². The zero-order valence-corrected chi connectivity index (χ0v) is 14.8. The highest BCUT2D eigenvalue weighted by atomic mass is 16.5. The minimum Gasteiger partial charge on any atom is -0.469 e. The van der Waals surface area contributed by atoms with E-state index in [4.69, 9.17) is 4.74 Å². The molecule has 0 aromatic carbocycles. The van der Waals surface area contributed by atoms with Gasteiger partial charge in [-0.1, -0.05) is 58.3 Å². The van der Waals surface area contributed by atoms with Crippen molar-refractivity contribution in [1.29, 1.82) is 0 Å². The number of methoxy groups -OCH3 is 1. The molecule has 2 atom stereocenters. The van der Waals surface area contributed by atoms with Crippen molar-refractivity contribution < 1.29 is 14.3 Å². The molecule has 0 aromatic rings. The fraction of sp³-hybridized carbons (Fsp3) is 0.947. The first-order chi connectivity index (χ1) is 10.8. The van der Waals surface area contributed by atoms with Crippen LogP contribution in [0.3, 0.4) is 0 Å². The Morgan fingerprint density at radius 1 is 0.909 bits per heavy atom. The van der Waals surface area contributed by atoms with Gasteiger partial charge in [0.05, 0.1) is 19.3 Å². The van der Waals surface area contributed by atoms with Crippen LogP contribution in [0.15, 0.2) is 0 Å². The Labute approximate surface area is 137 Å². The predicted octanol–water partition coefficient (Wildman–Crippen LogP) is 5.41. The first-order valence-corrected chi connectivity index (χ1v) is 9.48. The molecule has 0 N–H and O–H groups in total. The van der Waals surface area contributed by atoms with Crippen LogP contribution in [0.4, 0.5) is 0 Å². The molecule has 0 radical (unpaired) electrons. The number of esters is 1. The van der Waals surface area contributed by atoms with Crippen molar-refractivity contribution in [3.8, 4) is 0 Å². The van der Waals surface area contributed by atoms with Crippen molar-refractivity contribution in [2.45, 2.75) is 109 Å². The Bertz CT molecular complexity index is 278. The summed E-state index contributed by atoms with van der Waals surface area (Å²) in [6.45, 7) is 2.26. The molecule has 130 valence electrons. The summed E-state index contributed by atoms with van der Waals surface area (Å²) in [6, 6.07) is 0. The molecule has 1 heterocycles. The van der Waals surface area contributed by atoms with E-state index in [1.807, 2.05) is 0 Å². The van der Waals surface area contributed by atoms with Crippen LogP contribution in [0, 0.1) is 0 Å². The summed E-state index contributed by atoms with van der Waals surface area (Å²) in [5.41, 5.74) is 0. The Kier molecular flexibility index (Phi) is 11.4. The third-order valence-electron chi connectivity index (χ3n) is 4.71. The highest BCUT2D eigenvalue weighted by molar-refractivity contribution is 5.68. The molecule has 3 nitrogen and oxygen atoms in total. The molecule has 1 saturated heterocycles.